The molecule has 0 saturated heterocycles. The highest BCUT2D eigenvalue weighted by atomic mass is 35.5. The molecule has 2 nitrogen and oxygen atoms in total. The second-order valence-corrected chi connectivity index (χ2v) is 5.59. The molecule has 3 rings (SSSR count). The first-order valence-corrected chi connectivity index (χ1v) is 6.87. The number of anilines is 1. The lowest BCUT2D eigenvalue weighted by Crippen LogP contribution is -2.27. The summed E-state index contributed by atoms with van der Waals surface area (Å²) in [5.74, 6) is 0. The second kappa shape index (κ2) is 4.87. The fourth-order valence-corrected chi connectivity index (χ4v) is 2.86. The van der Waals surface area contributed by atoms with Crippen LogP contribution in [-0.4, -0.2) is 18.5 Å². The smallest absolute Gasteiger partial charge is 0.0406 e. The third-order valence-electron chi connectivity index (χ3n) is 3.79. The molecule has 0 bridgehead atoms. The zero-order chi connectivity index (χ0) is 13.4. The number of hydrogen-bond acceptors (Lipinski definition) is 2. The predicted octanol–water partition coefficient (Wildman–Crippen LogP) is 3.58. The molecule has 0 spiro atoms. The number of hydrogen-bond donors (Lipinski definition) is 1. The van der Waals surface area contributed by atoms with E-state index in [-0.39, 0.29) is 0 Å². The molecule has 1 heterocycles. The maximum absolute atomic E-state index is 6.13. The molecule has 1 aliphatic rings. The standard InChI is InChI=1S/C16H17ClN2/c1-19-9-8-14-13(6-7-16(18)15(14)10-19)11-2-4-12(17)5-3-11/h2-7H,8-10,18H2,1H3. The Bertz CT molecular complexity index is 605. The highest BCUT2D eigenvalue weighted by molar-refractivity contribution is 6.30. The number of nitrogens with two attached hydrogens (primary N) is 1. The number of rotatable bonds is 1. The van der Waals surface area contributed by atoms with E-state index in [0.29, 0.717) is 0 Å². The highest BCUT2D eigenvalue weighted by Gasteiger charge is 2.19. The molecule has 0 fully saturated rings. The Morgan fingerprint density at radius 1 is 1.05 bits per heavy atom. The number of fused-ring (bicyclic) bond motifs is 1. The summed E-state index contributed by atoms with van der Waals surface area (Å²) >= 11 is 5.96. The number of likely N-dealkylation sites (N-methyl/N-ethyl adjacent to an activating group) is 1. The highest BCUT2D eigenvalue weighted by Crippen LogP contribution is 2.33. The van der Waals surface area contributed by atoms with Crippen molar-refractivity contribution in [1.29, 1.82) is 0 Å². The van der Waals surface area contributed by atoms with E-state index in [0.717, 1.165) is 30.2 Å². The molecule has 2 aromatic rings. The van der Waals surface area contributed by atoms with E-state index < -0.39 is 0 Å². The van der Waals surface area contributed by atoms with Gasteiger partial charge in [-0.1, -0.05) is 29.8 Å². The third kappa shape index (κ3) is 2.34. The molecule has 1 aliphatic heterocycles. The summed E-state index contributed by atoms with van der Waals surface area (Å²) < 4.78 is 0. The van der Waals surface area contributed by atoms with Gasteiger partial charge in [0.05, 0.1) is 0 Å². The van der Waals surface area contributed by atoms with Crippen LogP contribution in [-0.2, 0) is 13.0 Å². The van der Waals surface area contributed by atoms with Gasteiger partial charge in [-0.25, -0.2) is 0 Å². The van der Waals surface area contributed by atoms with Gasteiger partial charge in [-0.3, -0.25) is 0 Å². The van der Waals surface area contributed by atoms with Crippen molar-refractivity contribution in [1.82, 2.24) is 4.90 Å². The van der Waals surface area contributed by atoms with Crippen molar-refractivity contribution in [2.45, 2.75) is 13.0 Å². The van der Waals surface area contributed by atoms with Crippen LogP contribution in [0.3, 0.4) is 0 Å². The van der Waals surface area contributed by atoms with Gasteiger partial charge in [0.1, 0.15) is 0 Å². The van der Waals surface area contributed by atoms with Crippen LogP contribution in [0.25, 0.3) is 11.1 Å². The average molecular weight is 273 g/mol. The Morgan fingerprint density at radius 3 is 2.53 bits per heavy atom. The molecule has 3 heteroatoms. The molecule has 19 heavy (non-hydrogen) atoms. The Labute approximate surface area is 118 Å². The molecule has 0 atom stereocenters. The lowest BCUT2D eigenvalue weighted by molar-refractivity contribution is 0.314. The zero-order valence-electron chi connectivity index (χ0n) is 11.0. The van der Waals surface area contributed by atoms with Gasteiger partial charge in [0.2, 0.25) is 0 Å². The van der Waals surface area contributed by atoms with Gasteiger partial charge in [0.25, 0.3) is 0 Å². The van der Waals surface area contributed by atoms with E-state index >= 15 is 0 Å². The minimum absolute atomic E-state index is 0.771. The third-order valence-corrected chi connectivity index (χ3v) is 4.05. The fraction of sp³-hybridized carbons (Fsp3) is 0.250. The molecule has 0 unspecified atom stereocenters. The topological polar surface area (TPSA) is 29.3 Å². The van der Waals surface area contributed by atoms with Crippen LogP contribution >= 0.6 is 11.6 Å². The summed E-state index contributed by atoms with van der Waals surface area (Å²) in [7, 11) is 2.14. The lowest BCUT2D eigenvalue weighted by atomic mass is 9.90. The molecule has 0 saturated carbocycles. The summed E-state index contributed by atoms with van der Waals surface area (Å²) in [4.78, 5) is 2.31. The van der Waals surface area contributed by atoms with Crippen molar-refractivity contribution in [3.8, 4) is 11.1 Å². The minimum atomic E-state index is 0.771. The maximum atomic E-state index is 6.13. The van der Waals surface area contributed by atoms with Crippen molar-refractivity contribution in [3.63, 3.8) is 0 Å². The van der Waals surface area contributed by atoms with Gasteiger partial charge >= 0.3 is 0 Å². The molecule has 2 aromatic carbocycles. The van der Waals surface area contributed by atoms with Gasteiger partial charge in [0, 0.05) is 23.8 Å². The van der Waals surface area contributed by atoms with Crippen molar-refractivity contribution in [3.05, 3.63) is 52.5 Å². The van der Waals surface area contributed by atoms with E-state index in [9.17, 15) is 0 Å². The molecule has 2 N–H and O–H groups in total. The molecular formula is C16H17ClN2. The molecule has 98 valence electrons. The first-order chi connectivity index (χ1) is 9.15. The van der Waals surface area contributed by atoms with E-state index in [1.54, 1.807) is 0 Å². The minimum Gasteiger partial charge on any atom is -0.398 e. The van der Waals surface area contributed by atoms with Gasteiger partial charge in [0.15, 0.2) is 0 Å². The van der Waals surface area contributed by atoms with Crippen LogP contribution in [0.15, 0.2) is 36.4 Å². The van der Waals surface area contributed by atoms with Gasteiger partial charge < -0.3 is 10.6 Å². The first kappa shape index (κ1) is 12.5. The van der Waals surface area contributed by atoms with Crippen LogP contribution in [0, 0.1) is 0 Å². The Hall–Kier alpha value is -1.51. The predicted molar refractivity (Wildman–Crippen MR) is 81.3 cm³/mol. The first-order valence-electron chi connectivity index (χ1n) is 6.50. The van der Waals surface area contributed by atoms with Crippen LogP contribution in [0.1, 0.15) is 11.1 Å². The summed E-state index contributed by atoms with van der Waals surface area (Å²) in [6, 6.07) is 12.2. The Morgan fingerprint density at radius 2 is 1.79 bits per heavy atom. The normalized spacial score (nSPS) is 15.3. The average Bonchev–Trinajstić information content (AvgIpc) is 2.41. The summed E-state index contributed by atoms with van der Waals surface area (Å²) in [6.45, 7) is 2.01. The maximum Gasteiger partial charge on any atom is 0.0406 e. The number of halogens is 1. The molecule has 0 aliphatic carbocycles. The summed E-state index contributed by atoms with van der Waals surface area (Å²) in [5, 5.41) is 0.771. The van der Waals surface area contributed by atoms with E-state index in [4.69, 9.17) is 17.3 Å². The number of nitrogen functional groups attached to an aromatic ring is 1. The number of nitrogens with zero attached hydrogens (tertiary/aromatic N) is 1. The van der Waals surface area contributed by atoms with Crippen molar-refractivity contribution in [2.24, 2.45) is 0 Å². The van der Waals surface area contributed by atoms with Gasteiger partial charge in [-0.2, -0.15) is 0 Å². The lowest BCUT2D eigenvalue weighted by Gasteiger charge is -2.28. The monoisotopic (exact) mass is 272 g/mol. The largest absolute Gasteiger partial charge is 0.398 e. The SMILES string of the molecule is CN1CCc2c(-c3ccc(Cl)cc3)ccc(N)c2C1. The van der Waals surface area contributed by atoms with E-state index in [2.05, 4.69) is 30.1 Å². The van der Waals surface area contributed by atoms with Gasteiger partial charge in [-0.05, 0) is 53.9 Å². The van der Waals surface area contributed by atoms with Crippen molar-refractivity contribution < 1.29 is 0 Å². The molecule has 0 radical (unpaired) electrons. The van der Waals surface area contributed by atoms with Crippen LogP contribution in [0.5, 0.6) is 0 Å². The van der Waals surface area contributed by atoms with Crippen LogP contribution < -0.4 is 5.73 Å². The van der Waals surface area contributed by atoms with E-state index in [1.165, 1.54) is 22.3 Å². The van der Waals surface area contributed by atoms with Crippen molar-refractivity contribution in [2.75, 3.05) is 19.3 Å². The van der Waals surface area contributed by atoms with Gasteiger partial charge in [-0.15, -0.1) is 0 Å². The molecule has 0 aromatic heterocycles. The van der Waals surface area contributed by atoms with Crippen LogP contribution in [0.2, 0.25) is 5.02 Å². The van der Waals surface area contributed by atoms with Crippen molar-refractivity contribution >= 4 is 17.3 Å². The molecular weight excluding hydrogens is 256 g/mol. The van der Waals surface area contributed by atoms with Crippen LogP contribution in [0.4, 0.5) is 5.69 Å². The Kier molecular flexibility index (Phi) is 3.21. The Balaban J connectivity index is 2.12. The number of benzene rings is 2. The second-order valence-electron chi connectivity index (χ2n) is 5.15. The molecule has 0 amide bonds. The zero-order valence-corrected chi connectivity index (χ0v) is 11.7. The quantitative estimate of drug-likeness (QED) is 0.804. The summed E-state index contributed by atoms with van der Waals surface area (Å²) in [5.41, 5.74) is 12.2. The summed E-state index contributed by atoms with van der Waals surface area (Å²) in [6.07, 6.45) is 1.05. The fourth-order valence-electron chi connectivity index (χ4n) is 2.73. The van der Waals surface area contributed by atoms with E-state index in [1.807, 2.05) is 18.2 Å².